The SMILES string of the molecule is O=C(NCCF)NCC(Cc1ccccc1)c1ccc(Cl)c(Cl)c1. The van der Waals surface area contributed by atoms with E-state index in [1.807, 2.05) is 42.5 Å². The minimum atomic E-state index is -0.590. The summed E-state index contributed by atoms with van der Waals surface area (Å²) in [5.41, 5.74) is 2.14. The van der Waals surface area contributed by atoms with Crippen molar-refractivity contribution in [1.29, 1.82) is 0 Å². The summed E-state index contributed by atoms with van der Waals surface area (Å²) in [5.74, 6) is 0.0262. The maximum absolute atomic E-state index is 12.1. The number of hydrogen-bond acceptors (Lipinski definition) is 1. The summed E-state index contributed by atoms with van der Waals surface area (Å²) >= 11 is 12.1. The summed E-state index contributed by atoms with van der Waals surface area (Å²) in [6.07, 6.45) is 0.738. The lowest BCUT2D eigenvalue weighted by molar-refractivity contribution is 0.239. The normalized spacial score (nSPS) is 11.8. The van der Waals surface area contributed by atoms with Gasteiger partial charge in [-0.25, -0.2) is 9.18 Å². The molecule has 0 spiro atoms. The Morgan fingerprint density at radius 2 is 1.79 bits per heavy atom. The number of halogens is 3. The Kier molecular flexibility index (Phi) is 7.35. The van der Waals surface area contributed by atoms with Crippen molar-refractivity contribution in [3.05, 3.63) is 69.7 Å². The molecule has 24 heavy (non-hydrogen) atoms. The summed E-state index contributed by atoms with van der Waals surface area (Å²) in [6, 6.07) is 15.1. The van der Waals surface area contributed by atoms with Crippen molar-refractivity contribution in [3.8, 4) is 0 Å². The lowest BCUT2D eigenvalue weighted by Gasteiger charge is -2.19. The first-order chi connectivity index (χ1) is 11.6. The van der Waals surface area contributed by atoms with E-state index in [1.165, 1.54) is 0 Å². The number of amides is 2. The van der Waals surface area contributed by atoms with E-state index in [1.54, 1.807) is 6.07 Å². The molecule has 0 aliphatic rings. The van der Waals surface area contributed by atoms with E-state index in [0.717, 1.165) is 17.5 Å². The van der Waals surface area contributed by atoms with Gasteiger partial charge in [-0.05, 0) is 29.7 Å². The highest BCUT2D eigenvalue weighted by atomic mass is 35.5. The van der Waals surface area contributed by atoms with E-state index >= 15 is 0 Å². The van der Waals surface area contributed by atoms with Crippen LogP contribution < -0.4 is 10.6 Å². The molecule has 128 valence electrons. The first-order valence-corrected chi connectivity index (χ1v) is 8.42. The molecular weight excluding hydrogens is 350 g/mol. The second-order valence-electron chi connectivity index (χ2n) is 5.39. The van der Waals surface area contributed by atoms with Gasteiger partial charge < -0.3 is 10.6 Å². The van der Waals surface area contributed by atoms with Crippen molar-refractivity contribution in [3.63, 3.8) is 0 Å². The highest BCUT2D eigenvalue weighted by Gasteiger charge is 2.15. The number of carbonyl (C=O) groups is 1. The molecule has 0 saturated heterocycles. The van der Waals surface area contributed by atoms with Crippen LogP contribution in [0.3, 0.4) is 0 Å². The number of alkyl halides is 1. The van der Waals surface area contributed by atoms with Crippen molar-refractivity contribution in [2.45, 2.75) is 12.3 Å². The van der Waals surface area contributed by atoms with E-state index in [4.69, 9.17) is 23.2 Å². The third-order valence-electron chi connectivity index (χ3n) is 3.63. The Morgan fingerprint density at radius 3 is 2.46 bits per heavy atom. The minimum Gasteiger partial charge on any atom is -0.338 e. The summed E-state index contributed by atoms with van der Waals surface area (Å²) in [6.45, 7) is -0.180. The molecule has 0 aliphatic heterocycles. The van der Waals surface area contributed by atoms with Gasteiger partial charge in [0.25, 0.3) is 0 Å². The third-order valence-corrected chi connectivity index (χ3v) is 4.37. The van der Waals surface area contributed by atoms with E-state index in [-0.39, 0.29) is 18.5 Å². The Morgan fingerprint density at radius 1 is 1.04 bits per heavy atom. The van der Waals surface area contributed by atoms with Gasteiger partial charge in [-0.1, -0.05) is 59.6 Å². The van der Waals surface area contributed by atoms with E-state index in [9.17, 15) is 9.18 Å². The first-order valence-electron chi connectivity index (χ1n) is 7.66. The topological polar surface area (TPSA) is 41.1 Å². The van der Waals surface area contributed by atoms with Crippen LogP contribution in [0.25, 0.3) is 0 Å². The maximum atomic E-state index is 12.1. The zero-order valence-corrected chi connectivity index (χ0v) is 14.6. The van der Waals surface area contributed by atoms with Crippen molar-refractivity contribution in [2.75, 3.05) is 19.8 Å². The zero-order valence-electron chi connectivity index (χ0n) is 13.1. The summed E-state index contributed by atoms with van der Waals surface area (Å²) in [4.78, 5) is 11.7. The fourth-order valence-corrected chi connectivity index (χ4v) is 2.72. The van der Waals surface area contributed by atoms with Crippen molar-refractivity contribution in [1.82, 2.24) is 10.6 Å². The van der Waals surface area contributed by atoms with Crippen LogP contribution in [0, 0.1) is 0 Å². The molecule has 0 bridgehead atoms. The zero-order chi connectivity index (χ0) is 17.4. The molecule has 0 aromatic heterocycles. The molecule has 3 nitrogen and oxygen atoms in total. The average Bonchev–Trinajstić information content (AvgIpc) is 2.60. The van der Waals surface area contributed by atoms with Gasteiger partial charge in [-0.3, -0.25) is 0 Å². The number of hydrogen-bond donors (Lipinski definition) is 2. The van der Waals surface area contributed by atoms with E-state index in [2.05, 4.69) is 10.6 Å². The number of rotatable bonds is 7. The lowest BCUT2D eigenvalue weighted by atomic mass is 9.92. The van der Waals surface area contributed by atoms with Gasteiger partial charge in [-0.2, -0.15) is 0 Å². The Bertz CT molecular complexity index is 667. The standard InChI is InChI=1S/C18H19Cl2FN2O/c19-16-7-6-14(11-17(16)20)15(10-13-4-2-1-3-5-13)12-23-18(24)22-9-8-21/h1-7,11,15H,8-10,12H2,(H2,22,23,24). The molecular formula is C18H19Cl2FN2O. The van der Waals surface area contributed by atoms with Crippen LogP contribution in [0.1, 0.15) is 17.0 Å². The van der Waals surface area contributed by atoms with Gasteiger partial charge in [0.05, 0.1) is 10.0 Å². The van der Waals surface area contributed by atoms with Gasteiger partial charge in [0.1, 0.15) is 6.67 Å². The largest absolute Gasteiger partial charge is 0.338 e. The van der Waals surface area contributed by atoms with Gasteiger partial charge in [0.2, 0.25) is 0 Å². The molecule has 6 heteroatoms. The van der Waals surface area contributed by atoms with Crippen LogP contribution in [0.2, 0.25) is 10.0 Å². The van der Waals surface area contributed by atoms with Crippen LogP contribution in [-0.4, -0.2) is 25.8 Å². The molecule has 2 aromatic rings. The Hall–Kier alpha value is -1.78. The predicted octanol–water partition coefficient (Wildman–Crippen LogP) is 4.59. The van der Waals surface area contributed by atoms with Gasteiger partial charge in [-0.15, -0.1) is 0 Å². The number of benzene rings is 2. The highest BCUT2D eigenvalue weighted by molar-refractivity contribution is 6.42. The fourth-order valence-electron chi connectivity index (χ4n) is 2.41. The molecule has 2 rings (SSSR count). The quantitative estimate of drug-likeness (QED) is 0.737. The number of urea groups is 1. The van der Waals surface area contributed by atoms with Crippen molar-refractivity contribution in [2.24, 2.45) is 0 Å². The molecule has 2 aromatic carbocycles. The molecule has 0 heterocycles. The molecule has 0 saturated carbocycles. The molecule has 0 aliphatic carbocycles. The summed E-state index contributed by atoms with van der Waals surface area (Å²) in [5, 5.41) is 6.20. The van der Waals surface area contributed by atoms with Gasteiger partial charge in [0, 0.05) is 19.0 Å². The summed E-state index contributed by atoms with van der Waals surface area (Å²) < 4.78 is 12.1. The average molecular weight is 369 g/mol. The predicted molar refractivity (Wildman–Crippen MR) is 96.7 cm³/mol. The maximum Gasteiger partial charge on any atom is 0.314 e. The second-order valence-corrected chi connectivity index (χ2v) is 6.20. The second kappa shape index (κ2) is 9.50. The van der Waals surface area contributed by atoms with Crippen LogP contribution in [-0.2, 0) is 6.42 Å². The van der Waals surface area contributed by atoms with E-state index in [0.29, 0.717) is 16.6 Å². The first kappa shape index (κ1) is 18.6. The molecule has 1 unspecified atom stereocenters. The highest BCUT2D eigenvalue weighted by Crippen LogP contribution is 2.28. The molecule has 0 radical (unpaired) electrons. The van der Waals surface area contributed by atoms with Gasteiger partial charge >= 0.3 is 6.03 Å². The third kappa shape index (κ3) is 5.69. The Labute approximate surface area is 151 Å². The van der Waals surface area contributed by atoms with Crippen molar-refractivity contribution >= 4 is 29.2 Å². The monoisotopic (exact) mass is 368 g/mol. The number of nitrogens with one attached hydrogen (secondary N) is 2. The Balaban J connectivity index is 2.11. The van der Waals surface area contributed by atoms with Crippen LogP contribution in [0.15, 0.2) is 48.5 Å². The van der Waals surface area contributed by atoms with Crippen LogP contribution in [0.5, 0.6) is 0 Å². The van der Waals surface area contributed by atoms with Crippen molar-refractivity contribution < 1.29 is 9.18 Å². The fraction of sp³-hybridized carbons (Fsp3) is 0.278. The smallest absolute Gasteiger partial charge is 0.314 e. The van der Waals surface area contributed by atoms with E-state index < -0.39 is 6.67 Å². The van der Waals surface area contributed by atoms with Crippen LogP contribution in [0.4, 0.5) is 9.18 Å². The van der Waals surface area contributed by atoms with Crippen LogP contribution >= 0.6 is 23.2 Å². The summed E-state index contributed by atoms with van der Waals surface area (Å²) in [7, 11) is 0. The molecule has 0 fully saturated rings. The van der Waals surface area contributed by atoms with Gasteiger partial charge in [0.15, 0.2) is 0 Å². The molecule has 2 N–H and O–H groups in total. The molecule has 1 atom stereocenters. The minimum absolute atomic E-state index is 0.00194. The lowest BCUT2D eigenvalue weighted by Crippen LogP contribution is -2.39. The number of carbonyl (C=O) groups excluding carboxylic acids is 1. The molecule has 2 amide bonds.